The molecule has 0 aromatic heterocycles. The molecule has 1 amide bonds. The first-order chi connectivity index (χ1) is 15.0. The minimum atomic E-state index is 0.202. The van der Waals surface area contributed by atoms with Gasteiger partial charge in [0.2, 0.25) is 5.91 Å². The lowest BCUT2D eigenvalue weighted by molar-refractivity contribution is -0.137. The molecule has 0 spiro atoms. The second kappa shape index (κ2) is 8.75. The first kappa shape index (κ1) is 24.3. The summed E-state index contributed by atoms with van der Waals surface area (Å²) < 4.78 is 0. The van der Waals surface area contributed by atoms with Crippen molar-refractivity contribution in [1.29, 1.82) is 0 Å². The van der Waals surface area contributed by atoms with Gasteiger partial charge < -0.3 is 9.80 Å². The zero-order valence-electron chi connectivity index (χ0n) is 22.3. The second-order valence-electron chi connectivity index (χ2n) is 13.2. The second-order valence-corrected chi connectivity index (χ2v) is 13.2. The molecule has 4 saturated carbocycles. The Morgan fingerprint density at radius 2 is 1.56 bits per heavy atom. The van der Waals surface area contributed by atoms with E-state index in [2.05, 4.69) is 44.7 Å². The van der Waals surface area contributed by atoms with Crippen LogP contribution < -0.4 is 0 Å². The van der Waals surface area contributed by atoms with E-state index in [-0.39, 0.29) is 5.91 Å². The smallest absolute Gasteiger partial charge is 0.246 e. The third kappa shape index (κ3) is 3.89. The molecule has 3 nitrogen and oxygen atoms in total. The first-order valence-corrected chi connectivity index (χ1v) is 13.6. The summed E-state index contributed by atoms with van der Waals surface area (Å²) >= 11 is 0. The number of amides is 1. The van der Waals surface area contributed by atoms with Crippen molar-refractivity contribution in [2.24, 2.45) is 40.4 Å². The van der Waals surface area contributed by atoms with Gasteiger partial charge in [0.1, 0.15) is 0 Å². The number of nitrogens with zero attached hydrogens (tertiary/aromatic N) is 2. The summed E-state index contributed by atoms with van der Waals surface area (Å²) in [5.41, 5.74) is 2.14. The lowest BCUT2D eigenvalue weighted by Crippen LogP contribution is -2.56. The van der Waals surface area contributed by atoms with E-state index in [0.717, 1.165) is 35.2 Å². The van der Waals surface area contributed by atoms with E-state index < -0.39 is 0 Å². The molecular formula is C29H50N2O. The van der Waals surface area contributed by atoms with E-state index in [9.17, 15) is 4.79 Å². The van der Waals surface area contributed by atoms with E-state index in [1.165, 1.54) is 57.8 Å². The van der Waals surface area contributed by atoms with Gasteiger partial charge in [-0.1, -0.05) is 19.4 Å². The number of allylic oxidation sites excluding steroid dienone is 1. The topological polar surface area (TPSA) is 23.6 Å². The van der Waals surface area contributed by atoms with Crippen LogP contribution in [0.25, 0.3) is 0 Å². The molecular weight excluding hydrogens is 392 g/mol. The van der Waals surface area contributed by atoms with Crippen molar-refractivity contribution < 1.29 is 4.79 Å². The highest BCUT2D eigenvalue weighted by atomic mass is 16.2. The van der Waals surface area contributed by atoms with Crippen molar-refractivity contribution >= 4 is 5.91 Å². The Morgan fingerprint density at radius 3 is 2.22 bits per heavy atom. The summed E-state index contributed by atoms with van der Waals surface area (Å²) in [4.78, 5) is 17.2. The van der Waals surface area contributed by atoms with Gasteiger partial charge in [-0.15, -0.1) is 0 Å². The van der Waals surface area contributed by atoms with Crippen LogP contribution in [0, 0.1) is 40.4 Å². The van der Waals surface area contributed by atoms with Crippen molar-refractivity contribution in [3.8, 4) is 0 Å². The van der Waals surface area contributed by atoms with Crippen LogP contribution in [0.3, 0.4) is 0 Å². The van der Waals surface area contributed by atoms with Crippen LogP contribution in [-0.2, 0) is 4.79 Å². The van der Waals surface area contributed by atoms with Crippen LogP contribution in [0.1, 0.15) is 92.4 Å². The van der Waals surface area contributed by atoms with Gasteiger partial charge in [-0.25, -0.2) is 0 Å². The molecule has 4 rings (SSSR count). The lowest BCUT2D eigenvalue weighted by atomic mass is 9.44. The Labute approximate surface area is 198 Å². The molecule has 0 aromatic rings. The van der Waals surface area contributed by atoms with Crippen LogP contribution in [0.15, 0.2) is 11.6 Å². The number of carbonyl (C=O) groups excluding carboxylic acids is 1. The highest BCUT2D eigenvalue weighted by Crippen LogP contribution is 2.68. The van der Waals surface area contributed by atoms with Crippen molar-refractivity contribution in [2.75, 3.05) is 21.1 Å². The number of hydrogen-bond acceptors (Lipinski definition) is 2. The summed E-state index contributed by atoms with van der Waals surface area (Å²) in [6.07, 6.45) is 14.1. The maximum absolute atomic E-state index is 12.7. The minimum absolute atomic E-state index is 0.202. The fourth-order valence-corrected chi connectivity index (χ4v) is 9.31. The molecule has 0 heterocycles. The molecule has 4 aliphatic rings. The number of hydrogen-bond donors (Lipinski definition) is 0. The summed E-state index contributed by atoms with van der Waals surface area (Å²) in [5, 5.41) is 0. The molecule has 0 aromatic carbocycles. The van der Waals surface area contributed by atoms with Crippen LogP contribution >= 0.6 is 0 Å². The summed E-state index contributed by atoms with van der Waals surface area (Å²) in [6, 6.07) is 1.12. The fourth-order valence-electron chi connectivity index (χ4n) is 9.31. The molecule has 3 heteroatoms. The predicted molar refractivity (Wildman–Crippen MR) is 134 cm³/mol. The molecule has 0 N–H and O–H groups in total. The average molecular weight is 443 g/mol. The normalized spacial score (nSPS) is 44.3. The number of rotatable bonds is 4. The van der Waals surface area contributed by atoms with Gasteiger partial charge in [0, 0.05) is 25.2 Å². The first-order valence-electron chi connectivity index (χ1n) is 13.6. The van der Waals surface area contributed by atoms with Gasteiger partial charge in [-0.3, -0.25) is 4.79 Å². The Balaban J connectivity index is 1.48. The minimum Gasteiger partial charge on any atom is -0.339 e. The largest absolute Gasteiger partial charge is 0.339 e. The van der Waals surface area contributed by atoms with Crippen molar-refractivity contribution in [3.05, 3.63) is 11.6 Å². The quantitative estimate of drug-likeness (QED) is 0.471. The molecule has 32 heavy (non-hydrogen) atoms. The average Bonchev–Trinajstić information content (AvgIpc) is 3.08. The van der Waals surface area contributed by atoms with Crippen molar-refractivity contribution in [2.45, 2.75) is 104 Å². The number of carbonyl (C=O) groups is 1. The summed E-state index contributed by atoms with van der Waals surface area (Å²) in [6.45, 7) is 11.8. The molecule has 0 bridgehead atoms. The molecule has 4 aliphatic carbocycles. The fraction of sp³-hybridized carbons (Fsp3) is 0.897. The highest BCUT2D eigenvalue weighted by Gasteiger charge is 2.60. The summed E-state index contributed by atoms with van der Waals surface area (Å²) in [5.74, 6) is 4.65. The number of fused-ring (bicyclic) bond motifs is 5. The lowest BCUT2D eigenvalue weighted by Gasteiger charge is -2.62. The highest BCUT2D eigenvalue weighted by molar-refractivity contribution is 5.88. The summed E-state index contributed by atoms with van der Waals surface area (Å²) in [7, 11) is 6.59. The molecule has 182 valence electrons. The Morgan fingerprint density at radius 1 is 0.906 bits per heavy atom. The molecule has 4 fully saturated rings. The molecule has 0 saturated heterocycles. The van der Waals surface area contributed by atoms with E-state index in [1.54, 1.807) is 0 Å². The zero-order chi connectivity index (χ0) is 23.4. The molecule has 9 atom stereocenters. The van der Waals surface area contributed by atoms with Gasteiger partial charge in [0.15, 0.2) is 0 Å². The standard InChI is InChI=1S/C29H50N2O/c1-19(2)17-27(32)31(8)22-13-15-28(4)21(18-22)9-10-23-25-12-11-24(20(3)30(6)7)29(25,5)16-14-26(23)28/h17,20-26H,9-16,18H2,1-8H3/t20-,21-,22+,23+,24+,25-,26+,28+,29-/m1/s1. The Kier molecular flexibility index (Phi) is 6.64. The predicted octanol–water partition coefficient (Wildman–Crippen LogP) is 6.39. The van der Waals surface area contributed by atoms with Gasteiger partial charge in [-0.2, -0.15) is 0 Å². The van der Waals surface area contributed by atoms with Gasteiger partial charge in [0.05, 0.1) is 0 Å². The van der Waals surface area contributed by atoms with Crippen LogP contribution in [0.2, 0.25) is 0 Å². The van der Waals surface area contributed by atoms with E-state index in [1.807, 2.05) is 27.0 Å². The van der Waals surface area contributed by atoms with E-state index in [4.69, 9.17) is 0 Å². The van der Waals surface area contributed by atoms with E-state index in [0.29, 0.717) is 22.9 Å². The third-order valence-electron chi connectivity index (χ3n) is 11.4. The monoisotopic (exact) mass is 442 g/mol. The zero-order valence-corrected chi connectivity index (χ0v) is 22.3. The van der Waals surface area contributed by atoms with Gasteiger partial charge in [0.25, 0.3) is 0 Å². The maximum atomic E-state index is 12.7. The molecule has 0 aliphatic heterocycles. The maximum Gasteiger partial charge on any atom is 0.246 e. The van der Waals surface area contributed by atoms with E-state index >= 15 is 0 Å². The van der Waals surface area contributed by atoms with Crippen LogP contribution in [0.5, 0.6) is 0 Å². The van der Waals surface area contributed by atoms with Crippen molar-refractivity contribution in [1.82, 2.24) is 9.80 Å². The Hall–Kier alpha value is -0.830. The van der Waals surface area contributed by atoms with Gasteiger partial charge >= 0.3 is 0 Å². The number of likely N-dealkylation sites (N-methyl/N-ethyl adjacent to an activating group) is 1. The third-order valence-corrected chi connectivity index (χ3v) is 11.4. The molecule has 0 unspecified atom stereocenters. The van der Waals surface area contributed by atoms with Crippen molar-refractivity contribution in [3.63, 3.8) is 0 Å². The van der Waals surface area contributed by atoms with Crippen LogP contribution in [0.4, 0.5) is 0 Å². The molecule has 0 radical (unpaired) electrons. The van der Waals surface area contributed by atoms with Gasteiger partial charge in [-0.05, 0) is 133 Å². The SMILES string of the molecule is CC(C)=CC(=O)N(C)[C@H]1CC[C@@]2(C)[C@H](CC[C@H]3[C@H]4CC[C@@H]([C@@H](C)N(C)C)[C@@]4(C)CC[C@@H]32)C1. The Bertz CT molecular complexity index is 739. The van der Waals surface area contributed by atoms with Crippen LogP contribution in [-0.4, -0.2) is 48.9 Å².